The number of aromatic nitrogens is 3. The molecule has 0 atom stereocenters. The molecule has 1 amide bonds. The lowest BCUT2D eigenvalue weighted by Gasteiger charge is -2.31. The van der Waals surface area contributed by atoms with Crippen LogP contribution in [-0.4, -0.2) is 26.1 Å². The zero-order valence-electron chi connectivity index (χ0n) is 17.7. The van der Waals surface area contributed by atoms with Crippen LogP contribution in [-0.2, 0) is 4.79 Å². The average Bonchev–Trinajstić information content (AvgIpc) is 3.62. The fourth-order valence-electron chi connectivity index (χ4n) is 5.34. The van der Waals surface area contributed by atoms with Crippen LogP contribution in [0.15, 0.2) is 21.9 Å². The minimum Gasteiger partial charge on any atom is -0.353 e. The van der Waals surface area contributed by atoms with Gasteiger partial charge in [0, 0.05) is 24.0 Å². The molecule has 7 nitrogen and oxygen atoms in total. The summed E-state index contributed by atoms with van der Waals surface area (Å²) in [6.45, 7) is 0. The zero-order valence-corrected chi connectivity index (χ0v) is 17.7. The number of amides is 1. The van der Waals surface area contributed by atoms with Crippen molar-refractivity contribution < 1.29 is 9.18 Å². The number of rotatable bonds is 4. The molecule has 0 bridgehead atoms. The molecule has 3 fully saturated rings. The number of hydrogen-bond donors (Lipinski definition) is 1. The quantitative estimate of drug-likeness (QED) is 0.810. The molecule has 2 aromatic rings. The smallest absolute Gasteiger partial charge is 0.333 e. The summed E-state index contributed by atoms with van der Waals surface area (Å²) in [6.07, 6.45) is 10.7. The number of nitrogens with zero attached hydrogens (tertiary/aromatic N) is 3. The maximum absolute atomic E-state index is 14.0. The van der Waals surface area contributed by atoms with Crippen LogP contribution in [0.3, 0.4) is 0 Å². The summed E-state index contributed by atoms with van der Waals surface area (Å²) in [5.41, 5.74) is -0.483. The maximum atomic E-state index is 14.0. The van der Waals surface area contributed by atoms with Gasteiger partial charge in [0.15, 0.2) is 0 Å². The Morgan fingerprint density at radius 2 is 1.61 bits per heavy atom. The molecule has 2 aromatic heterocycles. The summed E-state index contributed by atoms with van der Waals surface area (Å²) in [6, 6.07) is 1.06. The van der Waals surface area contributed by atoms with E-state index in [9.17, 15) is 18.8 Å². The van der Waals surface area contributed by atoms with Gasteiger partial charge in [-0.15, -0.1) is 0 Å². The normalized spacial score (nSPS) is 24.9. The van der Waals surface area contributed by atoms with Crippen LogP contribution in [0.2, 0.25) is 0 Å². The minimum absolute atomic E-state index is 0.0114. The van der Waals surface area contributed by atoms with Gasteiger partial charge in [-0.3, -0.25) is 18.7 Å². The van der Waals surface area contributed by atoms with E-state index in [1.807, 2.05) is 0 Å². The van der Waals surface area contributed by atoms with Crippen LogP contribution in [0.25, 0.3) is 11.0 Å². The molecular formula is C23H29FN4O3. The molecule has 0 spiro atoms. The van der Waals surface area contributed by atoms with E-state index in [0.717, 1.165) is 64.0 Å². The predicted octanol–water partition coefficient (Wildman–Crippen LogP) is 3.21. The number of pyridine rings is 1. The molecule has 0 radical (unpaired) electrons. The Labute approximate surface area is 179 Å². The highest BCUT2D eigenvalue weighted by Crippen LogP contribution is 2.32. The summed E-state index contributed by atoms with van der Waals surface area (Å²) >= 11 is 0. The van der Waals surface area contributed by atoms with E-state index >= 15 is 0 Å². The first-order valence-corrected chi connectivity index (χ1v) is 11.7. The third kappa shape index (κ3) is 3.92. The van der Waals surface area contributed by atoms with Crippen molar-refractivity contribution in [3.8, 4) is 0 Å². The van der Waals surface area contributed by atoms with E-state index in [-0.39, 0.29) is 41.0 Å². The van der Waals surface area contributed by atoms with Gasteiger partial charge in [-0.25, -0.2) is 14.2 Å². The Hall–Kier alpha value is -2.51. The summed E-state index contributed by atoms with van der Waals surface area (Å²) in [4.78, 5) is 43.1. The van der Waals surface area contributed by atoms with Crippen molar-refractivity contribution in [2.45, 2.75) is 88.8 Å². The van der Waals surface area contributed by atoms with Gasteiger partial charge in [0.2, 0.25) is 5.91 Å². The van der Waals surface area contributed by atoms with Gasteiger partial charge in [0.25, 0.3) is 5.56 Å². The van der Waals surface area contributed by atoms with E-state index < -0.39 is 11.4 Å². The van der Waals surface area contributed by atoms with Crippen molar-refractivity contribution >= 4 is 16.9 Å². The second-order valence-electron chi connectivity index (χ2n) is 9.43. The third-order valence-corrected chi connectivity index (χ3v) is 7.22. The van der Waals surface area contributed by atoms with Gasteiger partial charge in [0.1, 0.15) is 11.5 Å². The Balaban J connectivity index is 1.49. The Morgan fingerprint density at radius 1 is 0.935 bits per heavy atom. The van der Waals surface area contributed by atoms with Crippen LogP contribution in [0.5, 0.6) is 0 Å². The number of carbonyl (C=O) groups is 1. The van der Waals surface area contributed by atoms with Gasteiger partial charge in [0.05, 0.1) is 11.6 Å². The molecule has 3 saturated carbocycles. The van der Waals surface area contributed by atoms with Crippen molar-refractivity contribution in [3.63, 3.8) is 0 Å². The largest absolute Gasteiger partial charge is 0.353 e. The molecule has 8 heteroatoms. The van der Waals surface area contributed by atoms with Gasteiger partial charge in [-0.2, -0.15) is 0 Å². The van der Waals surface area contributed by atoms with Gasteiger partial charge >= 0.3 is 5.69 Å². The topological polar surface area (TPSA) is 86.0 Å². The molecule has 3 aliphatic carbocycles. The third-order valence-electron chi connectivity index (χ3n) is 7.22. The van der Waals surface area contributed by atoms with Crippen LogP contribution < -0.4 is 16.6 Å². The lowest BCUT2D eigenvalue weighted by molar-refractivity contribution is -0.123. The van der Waals surface area contributed by atoms with Gasteiger partial charge in [-0.1, -0.05) is 19.3 Å². The van der Waals surface area contributed by atoms with Gasteiger partial charge in [-0.05, 0) is 57.4 Å². The summed E-state index contributed by atoms with van der Waals surface area (Å²) in [5.74, 6) is -0.269. The molecule has 0 aliphatic heterocycles. The fraction of sp³-hybridized carbons (Fsp3) is 0.652. The summed E-state index contributed by atoms with van der Waals surface area (Å²) in [5, 5.41) is 3.29. The number of hydrogen-bond acceptors (Lipinski definition) is 4. The van der Waals surface area contributed by atoms with Gasteiger partial charge < -0.3 is 5.32 Å². The Morgan fingerprint density at radius 3 is 2.29 bits per heavy atom. The second kappa shape index (κ2) is 8.20. The highest BCUT2D eigenvalue weighted by Gasteiger charge is 2.33. The fourth-order valence-corrected chi connectivity index (χ4v) is 5.34. The molecule has 166 valence electrons. The Kier molecular flexibility index (Phi) is 5.40. The first-order chi connectivity index (χ1) is 15.0. The van der Waals surface area contributed by atoms with Crippen molar-refractivity contribution in [1.82, 2.24) is 19.4 Å². The van der Waals surface area contributed by atoms with E-state index in [2.05, 4.69) is 10.3 Å². The van der Waals surface area contributed by atoms with Crippen molar-refractivity contribution in [1.29, 1.82) is 0 Å². The zero-order chi connectivity index (χ0) is 21.5. The second-order valence-corrected chi connectivity index (χ2v) is 9.43. The molecule has 1 N–H and O–H groups in total. The lowest BCUT2D eigenvalue weighted by atomic mass is 9.90. The van der Waals surface area contributed by atoms with Crippen LogP contribution in [0, 0.1) is 11.7 Å². The van der Waals surface area contributed by atoms with E-state index in [1.165, 1.54) is 10.6 Å². The van der Waals surface area contributed by atoms with Crippen molar-refractivity contribution in [2.24, 2.45) is 5.92 Å². The van der Waals surface area contributed by atoms with Crippen molar-refractivity contribution in [3.05, 3.63) is 38.9 Å². The Bertz CT molecular complexity index is 1110. The monoisotopic (exact) mass is 428 g/mol. The first-order valence-electron chi connectivity index (χ1n) is 11.7. The lowest BCUT2D eigenvalue weighted by Crippen LogP contribution is -2.46. The molecule has 3 aliphatic rings. The molecule has 0 saturated heterocycles. The molecule has 31 heavy (non-hydrogen) atoms. The van der Waals surface area contributed by atoms with E-state index in [1.54, 1.807) is 4.57 Å². The standard InChI is InChI=1S/C23H29FN4O3/c24-15-12-19-20(25-13-15)27(17-4-2-1-3-5-17)23(31)28(22(19)30)18-10-8-16(9-11-18)26-21(29)14-6-7-14/h12-14,16-18H,1-11H2,(H,26,29). The van der Waals surface area contributed by atoms with Crippen LogP contribution in [0.4, 0.5) is 4.39 Å². The highest BCUT2D eigenvalue weighted by molar-refractivity contribution is 5.81. The average molecular weight is 429 g/mol. The minimum atomic E-state index is -0.573. The number of fused-ring (bicyclic) bond motifs is 1. The highest BCUT2D eigenvalue weighted by atomic mass is 19.1. The first kappa shape index (κ1) is 20.4. The molecule has 2 heterocycles. The molecule has 0 unspecified atom stereocenters. The maximum Gasteiger partial charge on any atom is 0.333 e. The number of carbonyl (C=O) groups excluding carboxylic acids is 1. The summed E-state index contributed by atoms with van der Waals surface area (Å²) in [7, 11) is 0. The predicted molar refractivity (Wildman–Crippen MR) is 115 cm³/mol. The van der Waals surface area contributed by atoms with Crippen molar-refractivity contribution in [2.75, 3.05) is 0 Å². The molecular weight excluding hydrogens is 399 g/mol. The van der Waals surface area contributed by atoms with Crippen LogP contribution in [0.1, 0.15) is 82.7 Å². The number of nitrogens with one attached hydrogen (secondary N) is 1. The summed E-state index contributed by atoms with van der Waals surface area (Å²) < 4.78 is 17.0. The SMILES string of the molecule is O=C(NC1CCC(n2c(=O)c3cc(F)cnc3n(C3CCCCC3)c2=O)CC1)C1CC1. The van der Waals surface area contributed by atoms with E-state index in [0.29, 0.717) is 18.5 Å². The molecule has 0 aromatic carbocycles. The molecule has 5 rings (SSSR count). The number of halogens is 1. The van der Waals surface area contributed by atoms with E-state index in [4.69, 9.17) is 0 Å². The van der Waals surface area contributed by atoms with Crippen LogP contribution >= 0.6 is 0 Å².